The summed E-state index contributed by atoms with van der Waals surface area (Å²) in [6.45, 7) is 0.604. The van der Waals surface area contributed by atoms with Gasteiger partial charge < -0.3 is 11.1 Å². The number of thiocarbonyl (C=S) groups is 1. The van der Waals surface area contributed by atoms with E-state index in [0.717, 1.165) is 10.0 Å². The molecular formula is C14H12BrFN2S. The second kappa shape index (κ2) is 6.12. The van der Waals surface area contributed by atoms with Crippen molar-refractivity contribution >= 4 is 38.8 Å². The molecule has 0 amide bonds. The van der Waals surface area contributed by atoms with Crippen LogP contribution in [0.4, 0.5) is 10.1 Å². The monoisotopic (exact) mass is 338 g/mol. The van der Waals surface area contributed by atoms with Crippen LogP contribution >= 0.6 is 28.1 Å². The summed E-state index contributed by atoms with van der Waals surface area (Å²) in [4.78, 5) is 0.0647. The minimum atomic E-state index is -0.412. The van der Waals surface area contributed by atoms with Gasteiger partial charge in [0.15, 0.2) is 0 Å². The number of benzene rings is 2. The molecule has 0 radical (unpaired) electrons. The van der Waals surface area contributed by atoms with Gasteiger partial charge in [-0.05, 0) is 29.8 Å². The average molecular weight is 339 g/mol. The standard InChI is InChI=1S/C14H12BrFN2S/c15-12-4-2-1-3-9(12)8-18-10-5-6-11(14(17)19)13(16)7-10/h1-7,18H,8H2,(H2,17,19). The van der Waals surface area contributed by atoms with Crippen molar-refractivity contribution in [3.05, 3.63) is 63.9 Å². The molecule has 0 saturated carbocycles. The predicted octanol–water partition coefficient (Wildman–Crippen LogP) is 3.83. The lowest BCUT2D eigenvalue weighted by Crippen LogP contribution is -2.12. The first-order chi connectivity index (χ1) is 9.08. The number of rotatable bonds is 4. The Morgan fingerprint density at radius 3 is 2.63 bits per heavy atom. The van der Waals surface area contributed by atoms with Crippen LogP contribution in [-0.2, 0) is 6.54 Å². The van der Waals surface area contributed by atoms with Crippen LogP contribution in [-0.4, -0.2) is 4.99 Å². The van der Waals surface area contributed by atoms with E-state index in [9.17, 15) is 4.39 Å². The fourth-order valence-electron chi connectivity index (χ4n) is 1.66. The van der Waals surface area contributed by atoms with Gasteiger partial charge in [-0.15, -0.1) is 0 Å². The molecule has 98 valence electrons. The maximum absolute atomic E-state index is 13.7. The fourth-order valence-corrected chi connectivity index (χ4v) is 2.25. The molecule has 0 spiro atoms. The third-order valence-corrected chi connectivity index (χ3v) is 3.67. The van der Waals surface area contributed by atoms with Gasteiger partial charge in [0.1, 0.15) is 10.8 Å². The molecule has 19 heavy (non-hydrogen) atoms. The quantitative estimate of drug-likeness (QED) is 0.832. The Hall–Kier alpha value is -1.46. The highest BCUT2D eigenvalue weighted by atomic mass is 79.9. The van der Waals surface area contributed by atoms with Gasteiger partial charge in [0, 0.05) is 22.3 Å². The summed E-state index contributed by atoms with van der Waals surface area (Å²) in [5, 5.41) is 3.15. The van der Waals surface area contributed by atoms with Crippen LogP contribution in [0, 0.1) is 5.82 Å². The Kier molecular flexibility index (Phi) is 4.50. The van der Waals surface area contributed by atoms with E-state index in [-0.39, 0.29) is 10.6 Å². The van der Waals surface area contributed by atoms with E-state index in [1.165, 1.54) is 6.07 Å². The van der Waals surface area contributed by atoms with E-state index in [0.29, 0.717) is 12.2 Å². The maximum atomic E-state index is 13.7. The summed E-state index contributed by atoms with van der Waals surface area (Å²) in [5.41, 5.74) is 7.47. The molecule has 0 aliphatic carbocycles. The summed E-state index contributed by atoms with van der Waals surface area (Å²) in [6, 6.07) is 12.6. The second-order valence-electron chi connectivity index (χ2n) is 4.00. The third kappa shape index (κ3) is 3.52. The molecule has 3 N–H and O–H groups in total. The zero-order valence-corrected chi connectivity index (χ0v) is 12.4. The van der Waals surface area contributed by atoms with Gasteiger partial charge in [0.25, 0.3) is 0 Å². The molecule has 0 bridgehead atoms. The number of halogens is 2. The topological polar surface area (TPSA) is 38.0 Å². The van der Waals surface area contributed by atoms with Gasteiger partial charge in [0.2, 0.25) is 0 Å². The van der Waals surface area contributed by atoms with E-state index in [1.54, 1.807) is 12.1 Å². The summed E-state index contributed by atoms with van der Waals surface area (Å²) in [7, 11) is 0. The zero-order valence-electron chi connectivity index (χ0n) is 9.99. The van der Waals surface area contributed by atoms with Crippen molar-refractivity contribution in [2.45, 2.75) is 6.54 Å². The highest BCUT2D eigenvalue weighted by Crippen LogP contribution is 2.19. The summed E-state index contributed by atoms with van der Waals surface area (Å²) in [5.74, 6) is -0.412. The van der Waals surface area contributed by atoms with E-state index < -0.39 is 5.82 Å². The highest BCUT2D eigenvalue weighted by molar-refractivity contribution is 9.10. The minimum Gasteiger partial charge on any atom is -0.389 e. The summed E-state index contributed by atoms with van der Waals surface area (Å²) < 4.78 is 14.7. The molecule has 0 aromatic heterocycles. The van der Waals surface area contributed by atoms with Crippen molar-refractivity contribution in [2.24, 2.45) is 5.73 Å². The number of nitrogens with two attached hydrogens (primary N) is 1. The van der Waals surface area contributed by atoms with Gasteiger partial charge >= 0.3 is 0 Å². The van der Waals surface area contributed by atoms with E-state index in [1.807, 2.05) is 24.3 Å². The Balaban J connectivity index is 2.11. The van der Waals surface area contributed by atoms with Gasteiger partial charge in [-0.2, -0.15) is 0 Å². The molecule has 0 aliphatic rings. The molecule has 0 fully saturated rings. The largest absolute Gasteiger partial charge is 0.389 e. The van der Waals surface area contributed by atoms with Crippen LogP contribution in [0.1, 0.15) is 11.1 Å². The third-order valence-electron chi connectivity index (χ3n) is 2.68. The lowest BCUT2D eigenvalue weighted by Gasteiger charge is -2.09. The number of nitrogens with one attached hydrogen (secondary N) is 1. The van der Waals surface area contributed by atoms with Crippen LogP contribution < -0.4 is 11.1 Å². The molecule has 2 rings (SSSR count). The Morgan fingerprint density at radius 2 is 2.00 bits per heavy atom. The Morgan fingerprint density at radius 1 is 1.26 bits per heavy atom. The van der Waals surface area contributed by atoms with Crippen LogP contribution in [0.15, 0.2) is 46.9 Å². The molecule has 0 unspecified atom stereocenters. The van der Waals surface area contributed by atoms with E-state index >= 15 is 0 Å². The molecule has 5 heteroatoms. The van der Waals surface area contributed by atoms with E-state index in [4.69, 9.17) is 18.0 Å². The molecule has 2 nitrogen and oxygen atoms in total. The normalized spacial score (nSPS) is 10.2. The Bertz CT molecular complexity index is 616. The zero-order chi connectivity index (χ0) is 13.8. The smallest absolute Gasteiger partial charge is 0.135 e. The van der Waals surface area contributed by atoms with Crippen molar-refractivity contribution in [1.29, 1.82) is 0 Å². The van der Waals surface area contributed by atoms with Crippen LogP contribution in [0.3, 0.4) is 0 Å². The molecule has 0 aliphatic heterocycles. The lowest BCUT2D eigenvalue weighted by atomic mass is 10.1. The SMILES string of the molecule is NC(=S)c1ccc(NCc2ccccc2Br)cc1F. The van der Waals surface area contributed by atoms with Gasteiger partial charge in [-0.25, -0.2) is 4.39 Å². The molecule has 2 aromatic carbocycles. The minimum absolute atomic E-state index is 0.0647. The van der Waals surface area contributed by atoms with Crippen molar-refractivity contribution in [3.8, 4) is 0 Å². The predicted molar refractivity (Wildman–Crippen MR) is 83.8 cm³/mol. The first-order valence-corrected chi connectivity index (χ1v) is 6.84. The number of hydrogen-bond donors (Lipinski definition) is 2. The van der Waals surface area contributed by atoms with Crippen LogP contribution in [0.2, 0.25) is 0 Å². The van der Waals surface area contributed by atoms with Crippen molar-refractivity contribution < 1.29 is 4.39 Å². The molecule has 0 heterocycles. The first-order valence-electron chi connectivity index (χ1n) is 5.64. The van der Waals surface area contributed by atoms with Crippen molar-refractivity contribution in [3.63, 3.8) is 0 Å². The second-order valence-corrected chi connectivity index (χ2v) is 5.30. The van der Waals surface area contributed by atoms with Crippen LogP contribution in [0.5, 0.6) is 0 Å². The van der Waals surface area contributed by atoms with Crippen molar-refractivity contribution in [1.82, 2.24) is 0 Å². The fraction of sp³-hybridized carbons (Fsp3) is 0.0714. The number of anilines is 1. The Labute approximate surface area is 124 Å². The summed E-state index contributed by atoms with van der Waals surface area (Å²) >= 11 is 8.23. The van der Waals surface area contributed by atoms with Gasteiger partial charge in [0.05, 0.1) is 0 Å². The molecule has 0 atom stereocenters. The number of hydrogen-bond acceptors (Lipinski definition) is 2. The highest BCUT2D eigenvalue weighted by Gasteiger charge is 2.06. The van der Waals surface area contributed by atoms with Crippen LogP contribution in [0.25, 0.3) is 0 Å². The first kappa shape index (κ1) is 14.0. The summed E-state index contributed by atoms with van der Waals surface area (Å²) in [6.07, 6.45) is 0. The lowest BCUT2D eigenvalue weighted by molar-refractivity contribution is 0.626. The van der Waals surface area contributed by atoms with Gasteiger partial charge in [-0.3, -0.25) is 0 Å². The van der Waals surface area contributed by atoms with Gasteiger partial charge in [-0.1, -0.05) is 46.3 Å². The van der Waals surface area contributed by atoms with Crippen molar-refractivity contribution in [2.75, 3.05) is 5.32 Å². The average Bonchev–Trinajstić information content (AvgIpc) is 2.37. The maximum Gasteiger partial charge on any atom is 0.135 e. The molecular weight excluding hydrogens is 327 g/mol. The molecule has 2 aromatic rings. The van der Waals surface area contributed by atoms with E-state index in [2.05, 4.69) is 21.2 Å². The molecule has 0 saturated heterocycles.